The highest BCUT2D eigenvalue weighted by atomic mass is 19.4. The lowest BCUT2D eigenvalue weighted by Crippen LogP contribution is -2.50. The van der Waals surface area contributed by atoms with E-state index in [0.29, 0.717) is 19.1 Å². The molecule has 0 aliphatic carbocycles. The molecule has 2 aliphatic heterocycles. The molecule has 0 bridgehead atoms. The van der Waals surface area contributed by atoms with Crippen LogP contribution in [0.15, 0.2) is 0 Å². The molecule has 0 amide bonds. The first kappa shape index (κ1) is 12.2. The predicted octanol–water partition coefficient (Wildman–Crippen LogP) is 0.780. The van der Waals surface area contributed by atoms with Crippen LogP contribution >= 0.6 is 0 Å². The number of hydrogen-bond donors (Lipinski definition) is 0. The van der Waals surface area contributed by atoms with Crippen molar-refractivity contribution in [1.29, 1.82) is 0 Å². The number of nitrogens with zero attached hydrogens (tertiary/aromatic N) is 2. The molecule has 0 atom stereocenters. The van der Waals surface area contributed by atoms with Crippen molar-refractivity contribution in [3.05, 3.63) is 0 Å². The summed E-state index contributed by atoms with van der Waals surface area (Å²) in [6.45, 7) is -0.484. The highest BCUT2D eigenvalue weighted by molar-refractivity contribution is 6.58. The molecular formula is C9H17BF3N2O-. The standard InChI is InChI=1S/C9H17BF3N2O/c11-10(12,13)8-14-2-1-3-15(5-4-14)9-6-16-7-9/h9H,1-8H2/q-1. The lowest BCUT2D eigenvalue weighted by Gasteiger charge is -2.36. The summed E-state index contributed by atoms with van der Waals surface area (Å²) in [6, 6.07) is 0.441. The lowest BCUT2D eigenvalue weighted by molar-refractivity contribution is -0.0632. The number of hydrogen-bond acceptors (Lipinski definition) is 3. The van der Waals surface area contributed by atoms with Gasteiger partial charge < -0.3 is 22.6 Å². The Bertz CT molecular complexity index is 235. The Morgan fingerprint density at radius 1 is 1.06 bits per heavy atom. The van der Waals surface area contributed by atoms with Gasteiger partial charge in [-0.2, -0.15) is 0 Å². The summed E-state index contributed by atoms with van der Waals surface area (Å²) in [4.78, 5) is 3.78. The van der Waals surface area contributed by atoms with Gasteiger partial charge in [-0.3, -0.25) is 4.90 Å². The fourth-order valence-corrected chi connectivity index (χ4v) is 2.27. The van der Waals surface area contributed by atoms with E-state index >= 15 is 0 Å². The molecule has 0 aromatic heterocycles. The predicted molar refractivity (Wildman–Crippen MR) is 56.3 cm³/mol. The number of halogens is 3. The first-order valence-corrected chi connectivity index (χ1v) is 5.80. The van der Waals surface area contributed by atoms with E-state index in [1.807, 2.05) is 0 Å². The van der Waals surface area contributed by atoms with Crippen molar-refractivity contribution in [2.45, 2.75) is 12.5 Å². The Labute approximate surface area is 93.6 Å². The zero-order chi connectivity index (χ0) is 11.6. The van der Waals surface area contributed by atoms with E-state index in [9.17, 15) is 12.9 Å². The second-order valence-electron chi connectivity index (χ2n) is 4.59. The number of rotatable bonds is 3. The minimum absolute atomic E-state index is 0.441. The molecule has 3 nitrogen and oxygen atoms in total. The van der Waals surface area contributed by atoms with Gasteiger partial charge in [0.05, 0.1) is 19.3 Å². The van der Waals surface area contributed by atoms with Crippen molar-refractivity contribution >= 4 is 6.98 Å². The van der Waals surface area contributed by atoms with Crippen molar-refractivity contribution < 1.29 is 17.7 Å². The van der Waals surface area contributed by atoms with Crippen LogP contribution in [0.1, 0.15) is 6.42 Å². The highest BCUT2D eigenvalue weighted by Gasteiger charge is 2.30. The van der Waals surface area contributed by atoms with Crippen molar-refractivity contribution in [3.8, 4) is 0 Å². The van der Waals surface area contributed by atoms with Crippen LogP contribution in [0, 0.1) is 0 Å². The second-order valence-corrected chi connectivity index (χ2v) is 4.59. The molecule has 0 N–H and O–H groups in total. The van der Waals surface area contributed by atoms with E-state index in [2.05, 4.69) is 4.90 Å². The second kappa shape index (κ2) is 4.93. The van der Waals surface area contributed by atoms with Gasteiger partial charge in [0.15, 0.2) is 0 Å². The van der Waals surface area contributed by atoms with Gasteiger partial charge in [-0.25, -0.2) is 0 Å². The van der Waals surface area contributed by atoms with Gasteiger partial charge >= 0.3 is 6.98 Å². The topological polar surface area (TPSA) is 15.7 Å². The molecule has 94 valence electrons. The van der Waals surface area contributed by atoms with Gasteiger partial charge in [0.2, 0.25) is 0 Å². The molecule has 0 aromatic carbocycles. The summed E-state index contributed by atoms with van der Waals surface area (Å²) >= 11 is 0. The van der Waals surface area contributed by atoms with Gasteiger partial charge in [-0.15, -0.1) is 0 Å². The molecule has 0 unspecified atom stereocenters. The largest absolute Gasteiger partial charge is 0.492 e. The first-order chi connectivity index (χ1) is 7.54. The maximum Gasteiger partial charge on any atom is 0.492 e. The zero-order valence-electron chi connectivity index (χ0n) is 9.25. The first-order valence-electron chi connectivity index (χ1n) is 5.80. The third kappa shape index (κ3) is 3.36. The van der Waals surface area contributed by atoms with Gasteiger partial charge in [-0.1, -0.05) is 0 Å². The summed E-state index contributed by atoms with van der Waals surface area (Å²) in [5.74, 6) is 0. The molecule has 2 saturated heterocycles. The molecule has 0 spiro atoms. The van der Waals surface area contributed by atoms with Gasteiger partial charge in [0.25, 0.3) is 0 Å². The summed E-state index contributed by atoms with van der Waals surface area (Å²) in [5.41, 5.74) is 0. The Kier molecular flexibility index (Phi) is 3.76. The van der Waals surface area contributed by atoms with Crippen LogP contribution in [0.25, 0.3) is 0 Å². The van der Waals surface area contributed by atoms with Gasteiger partial charge in [0, 0.05) is 13.1 Å². The maximum absolute atomic E-state index is 12.3. The van der Waals surface area contributed by atoms with Crippen LogP contribution in [-0.2, 0) is 4.74 Å². The Morgan fingerprint density at radius 2 is 1.81 bits per heavy atom. The average Bonchev–Trinajstić information content (AvgIpc) is 2.25. The summed E-state index contributed by atoms with van der Waals surface area (Å²) in [6.07, 6.45) is 0.109. The van der Waals surface area contributed by atoms with Gasteiger partial charge in [-0.05, 0) is 26.0 Å². The van der Waals surface area contributed by atoms with Crippen molar-refractivity contribution in [1.82, 2.24) is 9.80 Å². The Morgan fingerprint density at radius 3 is 2.38 bits per heavy atom. The normalized spacial score (nSPS) is 26.4. The van der Waals surface area contributed by atoms with Crippen LogP contribution in [-0.4, -0.2) is 68.7 Å². The van der Waals surface area contributed by atoms with E-state index in [4.69, 9.17) is 4.74 Å². The van der Waals surface area contributed by atoms with E-state index in [1.54, 1.807) is 0 Å². The van der Waals surface area contributed by atoms with Crippen LogP contribution in [0.2, 0.25) is 0 Å². The minimum atomic E-state index is -4.68. The van der Waals surface area contributed by atoms with Crippen LogP contribution < -0.4 is 0 Å². The Balaban J connectivity index is 1.78. The van der Waals surface area contributed by atoms with Gasteiger partial charge in [0.1, 0.15) is 0 Å². The molecule has 2 heterocycles. The molecule has 2 rings (SSSR count). The van der Waals surface area contributed by atoms with Crippen LogP contribution in [0.3, 0.4) is 0 Å². The minimum Gasteiger partial charge on any atom is -0.448 e. The molecule has 0 aromatic rings. The maximum atomic E-state index is 12.3. The monoisotopic (exact) mass is 237 g/mol. The third-order valence-electron chi connectivity index (χ3n) is 3.23. The zero-order valence-corrected chi connectivity index (χ0v) is 9.25. The SMILES string of the molecule is F[B-](F)(F)CN1CCCN(C2COC2)CC1. The fourth-order valence-electron chi connectivity index (χ4n) is 2.27. The quantitative estimate of drug-likeness (QED) is 0.674. The number of ether oxygens (including phenoxy) is 1. The van der Waals surface area contributed by atoms with E-state index in [-0.39, 0.29) is 0 Å². The molecule has 2 fully saturated rings. The summed E-state index contributed by atoms with van der Waals surface area (Å²) in [5, 5.41) is 0. The molecule has 0 radical (unpaired) electrons. The van der Waals surface area contributed by atoms with E-state index in [0.717, 1.165) is 32.7 Å². The molecule has 2 aliphatic rings. The average molecular weight is 237 g/mol. The fraction of sp³-hybridized carbons (Fsp3) is 1.00. The third-order valence-corrected chi connectivity index (χ3v) is 3.23. The molecular weight excluding hydrogens is 220 g/mol. The highest BCUT2D eigenvalue weighted by Crippen LogP contribution is 2.16. The Hall–Kier alpha value is -0.265. The summed E-state index contributed by atoms with van der Waals surface area (Å²) < 4.78 is 42.0. The molecule has 0 saturated carbocycles. The summed E-state index contributed by atoms with van der Waals surface area (Å²) in [7, 11) is 0. The molecule has 16 heavy (non-hydrogen) atoms. The van der Waals surface area contributed by atoms with E-state index in [1.165, 1.54) is 4.90 Å². The smallest absolute Gasteiger partial charge is 0.448 e. The van der Waals surface area contributed by atoms with Crippen LogP contribution in [0.5, 0.6) is 0 Å². The lowest BCUT2D eigenvalue weighted by atomic mass is 9.91. The van der Waals surface area contributed by atoms with E-state index < -0.39 is 13.4 Å². The van der Waals surface area contributed by atoms with Crippen LogP contribution in [0.4, 0.5) is 12.9 Å². The van der Waals surface area contributed by atoms with Crippen molar-refractivity contribution in [2.75, 3.05) is 45.8 Å². The van der Waals surface area contributed by atoms with Crippen molar-refractivity contribution in [2.24, 2.45) is 0 Å². The molecule has 7 heteroatoms. The van der Waals surface area contributed by atoms with Crippen molar-refractivity contribution in [3.63, 3.8) is 0 Å².